The molecule has 0 bridgehead atoms. The average molecular weight is 305 g/mol. The van der Waals surface area contributed by atoms with E-state index in [-0.39, 0.29) is 17.1 Å². The van der Waals surface area contributed by atoms with Crippen LogP contribution in [0.5, 0.6) is 0 Å². The predicted molar refractivity (Wildman–Crippen MR) is 87.6 cm³/mol. The van der Waals surface area contributed by atoms with Crippen molar-refractivity contribution in [2.75, 3.05) is 7.05 Å². The summed E-state index contributed by atoms with van der Waals surface area (Å²) in [7, 11) is 1.70. The maximum atomic E-state index is 13.0. The Kier molecular flexibility index (Phi) is 2.88. The zero-order valence-corrected chi connectivity index (χ0v) is 12.9. The lowest BCUT2D eigenvalue weighted by molar-refractivity contribution is 0.0771. The Morgan fingerprint density at radius 3 is 2.52 bits per heavy atom. The van der Waals surface area contributed by atoms with Crippen molar-refractivity contribution in [3.63, 3.8) is 0 Å². The normalized spacial score (nSPS) is 16.9. The van der Waals surface area contributed by atoms with E-state index in [1.54, 1.807) is 18.0 Å². The first kappa shape index (κ1) is 13.8. The molecule has 0 spiro atoms. The molecule has 1 aliphatic heterocycles. The summed E-state index contributed by atoms with van der Waals surface area (Å²) in [6.07, 6.45) is 0. The monoisotopic (exact) mass is 305 g/mol. The summed E-state index contributed by atoms with van der Waals surface area (Å²) in [6.45, 7) is 1.93. The summed E-state index contributed by atoms with van der Waals surface area (Å²) in [4.78, 5) is 27.1. The molecule has 23 heavy (non-hydrogen) atoms. The third-order valence-corrected chi connectivity index (χ3v) is 4.37. The number of carbonyl (C=O) groups excluding carboxylic acids is 1. The van der Waals surface area contributed by atoms with Gasteiger partial charge < -0.3 is 9.32 Å². The third kappa shape index (κ3) is 1.91. The van der Waals surface area contributed by atoms with Crippen LogP contribution in [0.4, 0.5) is 0 Å². The van der Waals surface area contributed by atoms with Crippen LogP contribution in [-0.4, -0.2) is 17.9 Å². The molecule has 1 aliphatic rings. The fraction of sp³-hybridized carbons (Fsp3) is 0.158. The van der Waals surface area contributed by atoms with Crippen LogP contribution in [-0.2, 0) is 0 Å². The SMILES string of the molecule is Cc1ccc2oc3c(c(=O)c2c1)[C@H](c1ccccc1)N(C)C3=O. The Labute approximate surface area is 133 Å². The number of hydrogen-bond donors (Lipinski definition) is 0. The van der Waals surface area contributed by atoms with Crippen molar-refractivity contribution in [1.29, 1.82) is 0 Å². The van der Waals surface area contributed by atoms with E-state index in [1.165, 1.54) is 0 Å². The standard InChI is InChI=1S/C19H15NO3/c1-11-8-9-14-13(10-11)17(21)15-16(12-6-4-3-5-7-12)20(2)19(22)18(15)23-14/h3-10,16H,1-2H3/t16-/m0/s1. The molecule has 0 saturated heterocycles. The zero-order chi connectivity index (χ0) is 16.1. The molecule has 0 aliphatic carbocycles. The van der Waals surface area contributed by atoms with Crippen LogP contribution in [0, 0.1) is 6.92 Å². The molecule has 4 nitrogen and oxygen atoms in total. The molecule has 2 heterocycles. The minimum absolute atomic E-state index is 0.128. The zero-order valence-electron chi connectivity index (χ0n) is 12.9. The fourth-order valence-electron chi connectivity index (χ4n) is 3.23. The highest BCUT2D eigenvalue weighted by atomic mass is 16.3. The van der Waals surface area contributed by atoms with Crippen LogP contribution in [0.1, 0.15) is 33.3 Å². The molecule has 114 valence electrons. The molecule has 0 fully saturated rings. The van der Waals surface area contributed by atoms with E-state index < -0.39 is 6.04 Å². The van der Waals surface area contributed by atoms with Gasteiger partial charge in [-0.15, -0.1) is 0 Å². The third-order valence-electron chi connectivity index (χ3n) is 4.37. The van der Waals surface area contributed by atoms with Crippen molar-refractivity contribution in [2.24, 2.45) is 0 Å². The topological polar surface area (TPSA) is 50.5 Å². The molecular formula is C19H15NO3. The smallest absolute Gasteiger partial charge is 0.290 e. The number of amides is 1. The lowest BCUT2D eigenvalue weighted by Gasteiger charge is -2.20. The van der Waals surface area contributed by atoms with Crippen molar-refractivity contribution in [1.82, 2.24) is 4.90 Å². The minimum atomic E-state index is -0.403. The van der Waals surface area contributed by atoms with E-state index in [9.17, 15) is 9.59 Å². The highest BCUT2D eigenvalue weighted by Gasteiger charge is 2.40. The second-order valence-corrected chi connectivity index (χ2v) is 5.90. The number of nitrogens with zero attached hydrogens (tertiary/aromatic N) is 1. The summed E-state index contributed by atoms with van der Waals surface area (Å²) in [5.41, 5.74) is 2.65. The predicted octanol–water partition coefficient (Wildman–Crippen LogP) is 3.28. The van der Waals surface area contributed by atoms with Gasteiger partial charge in [0.1, 0.15) is 5.58 Å². The molecule has 0 saturated carbocycles. The van der Waals surface area contributed by atoms with Crippen LogP contribution < -0.4 is 5.43 Å². The molecule has 0 unspecified atom stereocenters. The van der Waals surface area contributed by atoms with Crippen molar-refractivity contribution in [2.45, 2.75) is 13.0 Å². The molecule has 2 aromatic carbocycles. The molecule has 1 aromatic heterocycles. The summed E-state index contributed by atoms with van der Waals surface area (Å²) in [5.74, 6) is -0.101. The Balaban J connectivity index is 2.06. The van der Waals surface area contributed by atoms with Crippen LogP contribution in [0.3, 0.4) is 0 Å². The molecule has 3 aromatic rings. The second kappa shape index (κ2) is 4.81. The van der Waals surface area contributed by atoms with Gasteiger partial charge in [-0.05, 0) is 24.6 Å². The number of rotatable bonds is 1. The lowest BCUT2D eigenvalue weighted by atomic mass is 9.98. The average Bonchev–Trinajstić information content (AvgIpc) is 2.81. The van der Waals surface area contributed by atoms with Gasteiger partial charge in [-0.3, -0.25) is 9.59 Å². The number of aryl methyl sites for hydroxylation is 1. The van der Waals surface area contributed by atoms with E-state index >= 15 is 0 Å². The van der Waals surface area contributed by atoms with Crippen LogP contribution in [0.25, 0.3) is 11.0 Å². The van der Waals surface area contributed by atoms with Crippen molar-refractivity contribution < 1.29 is 9.21 Å². The van der Waals surface area contributed by atoms with Gasteiger partial charge in [-0.1, -0.05) is 42.0 Å². The van der Waals surface area contributed by atoms with Crippen molar-refractivity contribution in [3.05, 3.63) is 81.2 Å². The Morgan fingerprint density at radius 1 is 1.04 bits per heavy atom. The number of fused-ring (bicyclic) bond motifs is 2. The summed E-state index contributed by atoms with van der Waals surface area (Å²) >= 11 is 0. The maximum Gasteiger partial charge on any atom is 0.290 e. The molecule has 0 radical (unpaired) electrons. The van der Waals surface area contributed by atoms with Gasteiger partial charge in [0.25, 0.3) is 5.91 Å². The van der Waals surface area contributed by atoms with E-state index in [0.717, 1.165) is 11.1 Å². The Hall–Kier alpha value is -2.88. The molecule has 1 atom stereocenters. The van der Waals surface area contributed by atoms with Gasteiger partial charge >= 0.3 is 0 Å². The lowest BCUT2D eigenvalue weighted by Crippen LogP contribution is -2.25. The van der Waals surface area contributed by atoms with Crippen LogP contribution in [0.15, 0.2) is 57.7 Å². The first-order chi connectivity index (χ1) is 11.1. The molecular weight excluding hydrogens is 290 g/mol. The highest BCUT2D eigenvalue weighted by Crippen LogP contribution is 2.36. The minimum Gasteiger partial charge on any atom is -0.450 e. The quantitative estimate of drug-likeness (QED) is 0.693. The maximum absolute atomic E-state index is 13.0. The first-order valence-electron chi connectivity index (χ1n) is 7.47. The van der Waals surface area contributed by atoms with Crippen LogP contribution in [0.2, 0.25) is 0 Å². The van der Waals surface area contributed by atoms with E-state index in [4.69, 9.17) is 4.42 Å². The summed E-state index contributed by atoms with van der Waals surface area (Å²) in [5, 5.41) is 0.521. The van der Waals surface area contributed by atoms with Gasteiger partial charge in [-0.2, -0.15) is 0 Å². The molecule has 4 heteroatoms. The first-order valence-corrected chi connectivity index (χ1v) is 7.47. The molecule has 4 rings (SSSR count). The Bertz CT molecular complexity index is 989. The fourth-order valence-corrected chi connectivity index (χ4v) is 3.23. The largest absolute Gasteiger partial charge is 0.450 e. The van der Waals surface area contributed by atoms with Gasteiger partial charge in [0, 0.05) is 7.05 Å². The number of benzene rings is 2. The van der Waals surface area contributed by atoms with E-state index in [0.29, 0.717) is 16.5 Å². The van der Waals surface area contributed by atoms with Gasteiger partial charge in [0.05, 0.1) is 17.0 Å². The van der Waals surface area contributed by atoms with Gasteiger partial charge in [0.2, 0.25) is 5.76 Å². The number of hydrogen-bond acceptors (Lipinski definition) is 3. The highest BCUT2D eigenvalue weighted by molar-refractivity contribution is 5.98. The summed E-state index contributed by atoms with van der Waals surface area (Å²) < 4.78 is 5.78. The van der Waals surface area contributed by atoms with Crippen molar-refractivity contribution >= 4 is 16.9 Å². The van der Waals surface area contributed by atoms with Gasteiger partial charge in [0.15, 0.2) is 5.43 Å². The van der Waals surface area contributed by atoms with E-state index in [1.807, 2.05) is 49.4 Å². The second-order valence-electron chi connectivity index (χ2n) is 5.90. The molecule has 1 amide bonds. The van der Waals surface area contributed by atoms with Gasteiger partial charge in [-0.25, -0.2) is 0 Å². The molecule has 0 N–H and O–H groups in total. The summed E-state index contributed by atoms with van der Waals surface area (Å²) in [6, 6.07) is 14.6. The van der Waals surface area contributed by atoms with Crippen molar-refractivity contribution in [3.8, 4) is 0 Å². The van der Waals surface area contributed by atoms with E-state index in [2.05, 4.69) is 0 Å². The van der Waals surface area contributed by atoms with Crippen LogP contribution >= 0.6 is 0 Å². The number of carbonyl (C=O) groups is 1. The Morgan fingerprint density at radius 2 is 1.78 bits per heavy atom.